The molecule has 1 aromatic carbocycles. The van der Waals surface area contributed by atoms with Crippen molar-refractivity contribution in [2.75, 3.05) is 13.7 Å². The van der Waals surface area contributed by atoms with Crippen molar-refractivity contribution in [2.24, 2.45) is 5.92 Å². The molecule has 174 valence electrons. The number of hydrogen-bond donors (Lipinski definition) is 0. The molecule has 5 rings (SSSR count). The third kappa shape index (κ3) is 4.41. The molecule has 2 atom stereocenters. The van der Waals surface area contributed by atoms with Crippen molar-refractivity contribution in [2.45, 2.75) is 25.8 Å². The summed E-state index contributed by atoms with van der Waals surface area (Å²) in [4.78, 5) is 13.3. The van der Waals surface area contributed by atoms with E-state index in [4.69, 9.17) is 9.47 Å². The Kier molecular flexibility index (Phi) is 5.83. The minimum atomic E-state index is -2.82. The number of hydrogen-bond acceptors (Lipinski definition) is 8. The van der Waals surface area contributed by atoms with Gasteiger partial charge in [-0.05, 0) is 41.5 Å². The van der Waals surface area contributed by atoms with Gasteiger partial charge in [0.15, 0.2) is 5.82 Å². The number of rotatable bonds is 8. The maximum absolute atomic E-state index is 13.1. The summed E-state index contributed by atoms with van der Waals surface area (Å²) >= 11 is 0. The van der Waals surface area contributed by atoms with Crippen LogP contribution in [0.5, 0.6) is 11.6 Å². The third-order valence-corrected chi connectivity index (χ3v) is 5.74. The predicted octanol–water partition coefficient (Wildman–Crippen LogP) is 4.09. The highest BCUT2D eigenvalue weighted by molar-refractivity contribution is 5.70. The number of aryl methyl sites for hydroxylation is 1. The maximum Gasteiger partial charge on any atom is 0.336 e. The first-order valence-corrected chi connectivity index (χ1v) is 10.7. The van der Waals surface area contributed by atoms with Crippen LogP contribution in [0.4, 0.5) is 8.78 Å². The molecule has 11 heteroatoms. The Hall–Kier alpha value is -4.02. The molecule has 9 nitrogen and oxygen atoms in total. The van der Waals surface area contributed by atoms with E-state index < -0.39 is 6.55 Å². The van der Waals surface area contributed by atoms with Gasteiger partial charge in [0.2, 0.25) is 5.88 Å². The number of benzene rings is 1. The summed E-state index contributed by atoms with van der Waals surface area (Å²) in [6, 6.07) is 10.8. The Bertz CT molecular complexity index is 1280. The second-order valence-electron chi connectivity index (χ2n) is 7.97. The highest BCUT2D eigenvalue weighted by Gasteiger charge is 2.40. The molecular formula is C23H21F2N7O2. The standard InChI is InChI=1S/C23H21F2N7O2/c1-13-26-11-19(14-3-5-15(6-4-14)21-29-30-31-32(21)23(24)25)22(28-13)34-12-16-9-18(16)20-8-7-17(33-2)10-27-20/h3-8,10-11,16,18,23H,9,12H2,1-2H3/t16-,18+/m1/s1. The van der Waals surface area contributed by atoms with Crippen LogP contribution in [0.25, 0.3) is 22.5 Å². The molecule has 0 spiro atoms. The molecule has 1 aliphatic rings. The van der Waals surface area contributed by atoms with Crippen LogP contribution in [0.1, 0.15) is 30.4 Å². The van der Waals surface area contributed by atoms with Crippen LogP contribution in [0.15, 0.2) is 48.8 Å². The second-order valence-corrected chi connectivity index (χ2v) is 7.97. The molecule has 1 fully saturated rings. The van der Waals surface area contributed by atoms with Gasteiger partial charge >= 0.3 is 6.55 Å². The molecule has 0 radical (unpaired) electrons. The number of alkyl halides is 2. The molecule has 1 aliphatic carbocycles. The molecule has 0 bridgehead atoms. The van der Waals surface area contributed by atoms with Crippen molar-refractivity contribution in [3.63, 3.8) is 0 Å². The van der Waals surface area contributed by atoms with Gasteiger partial charge in [0.05, 0.1) is 25.5 Å². The van der Waals surface area contributed by atoms with E-state index in [1.165, 1.54) is 0 Å². The van der Waals surface area contributed by atoms with Gasteiger partial charge in [-0.3, -0.25) is 4.98 Å². The van der Waals surface area contributed by atoms with E-state index in [9.17, 15) is 8.78 Å². The zero-order valence-corrected chi connectivity index (χ0v) is 18.5. The summed E-state index contributed by atoms with van der Waals surface area (Å²) in [5, 5.41) is 10.4. The van der Waals surface area contributed by atoms with E-state index in [0.717, 1.165) is 23.4 Å². The number of nitrogens with zero attached hydrogens (tertiary/aromatic N) is 7. The summed E-state index contributed by atoms with van der Waals surface area (Å²) < 4.78 is 37.9. The van der Waals surface area contributed by atoms with E-state index >= 15 is 0 Å². The van der Waals surface area contributed by atoms with Crippen LogP contribution >= 0.6 is 0 Å². The molecular weight excluding hydrogens is 444 g/mol. The Labute approximate surface area is 193 Å². The zero-order chi connectivity index (χ0) is 23.7. The lowest BCUT2D eigenvalue weighted by molar-refractivity contribution is 0.0564. The maximum atomic E-state index is 13.1. The second kappa shape index (κ2) is 9.08. The predicted molar refractivity (Wildman–Crippen MR) is 117 cm³/mol. The largest absolute Gasteiger partial charge is 0.495 e. The third-order valence-electron chi connectivity index (χ3n) is 5.74. The van der Waals surface area contributed by atoms with Crippen molar-refractivity contribution >= 4 is 0 Å². The van der Waals surface area contributed by atoms with E-state index in [1.807, 2.05) is 12.1 Å². The number of methoxy groups -OCH3 is 1. The first-order chi connectivity index (χ1) is 16.5. The SMILES string of the molecule is COc1ccc([C@H]2C[C@@H]2COc2nc(C)ncc2-c2ccc(-c3nnnn3C(F)F)cc2)nc1. The summed E-state index contributed by atoms with van der Waals surface area (Å²) in [6.45, 7) is -0.525. The monoisotopic (exact) mass is 465 g/mol. The fraction of sp³-hybridized carbons (Fsp3) is 0.304. The number of pyridine rings is 1. The number of ether oxygens (including phenoxy) is 2. The minimum Gasteiger partial charge on any atom is -0.495 e. The Balaban J connectivity index is 1.31. The van der Waals surface area contributed by atoms with Crippen molar-refractivity contribution in [1.82, 2.24) is 35.2 Å². The van der Waals surface area contributed by atoms with Crippen LogP contribution < -0.4 is 9.47 Å². The zero-order valence-electron chi connectivity index (χ0n) is 18.5. The van der Waals surface area contributed by atoms with Crippen molar-refractivity contribution in [3.05, 3.63) is 60.3 Å². The molecule has 34 heavy (non-hydrogen) atoms. The van der Waals surface area contributed by atoms with Gasteiger partial charge < -0.3 is 9.47 Å². The first-order valence-electron chi connectivity index (χ1n) is 10.7. The molecule has 0 aliphatic heterocycles. The highest BCUT2D eigenvalue weighted by atomic mass is 19.3. The van der Waals surface area contributed by atoms with Gasteiger partial charge in [-0.1, -0.05) is 24.3 Å². The van der Waals surface area contributed by atoms with E-state index in [1.54, 1.807) is 50.7 Å². The normalized spacial score (nSPS) is 17.1. The Morgan fingerprint density at radius 1 is 1.06 bits per heavy atom. The van der Waals surface area contributed by atoms with Gasteiger partial charge in [0, 0.05) is 29.3 Å². The van der Waals surface area contributed by atoms with E-state index in [0.29, 0.717) is 46.0 Å². The van der Waals surface area contributed by atoms with Gasteiger partial charge in [-0.2, -0.15) is 18.4 Å². The smallest absolute Gasteiger partial charge is 0.336 e. The van der Waals surface area contributed by atoms with Crippen molar-refractivity contribution < 1.29 is 18.3 Å². The van der Waals surface area contributed by atoms with Crippen molar-refractivity contribution in [1.29, 1.82) is 0 Å². The first kappa shape index (κ1) is 21.8. The highest BCUT2D eigenvalue weighted by Crippen LogP contribution is 2.47. The summed E-state index contributed by atoms with van der Waals surface area (Å²) in [5.74, 6) is 2.48. The topological polar surface area (TPSA) is 101 Å². The molecule has 4 aromatic rings. The van der Waals surface area contributed by atoms with Gasteiger partial charge in [0.1, 0.15) is 11.6 Å². The fourth-order valence-corrected chi connectivity index (χ4v) is 3.78. The molecule has 0 N–H and O–H groups in total. The number of aromatic nitrogens is 7. The van der Waals surface area contributed by atoms with Gasteiger partial charge in [0.25, 0.3) is 0 Å². The quantitative estimate of drug-likeness (QED) is 0.384. The molecule has 1 saturated carbocycles. The fourth-order valence-electron chi connectivity index (χ4n) is 3.78. The lowest BCUT2D eigenvalue weighted by Crippen LogP contribution is -2.06. The Morgan fingerprint density at radius 2 is 1.85 bits per heavy atom. The van der Waals surface area contributed by atoms with E-state index in [2.05, 4.69) is 30.5 Å². The van der Waals surface area contributed by atoms with Crippen LogP contribution in [0.3, 0.4) is 0 Å². The lowest BCUT2D eigenvalue weighted by Gasteiger charge is -2.11. The number of tetrazole rings is 1. The van der Waals surface area contributed by atoms with Gasteiger partial charge in [-0.25, -0.2) is 4.98 Å². The summed E-state index contributed by atoms with van der Waals surface area (Å²) in [6.07, 6.45) is 4.42. The lowest BCUT2D eigenvalue weighted by atomic mass is 10.1. The Morgan fingerprint density at radius 3 is 2.56 bits per heavy atom. The number of halogens is 2. The average Bonchev–Trinajstić information content (AvgIpc) is 3.46. The van der Waals surface area contributed by atoms with Crippen LogP contribution in [0.2, 0.25) is 0 Å². The van der Waals surface area contributed by atoms with Crippen LogP contribution in [-0.2, 0) is 0 Å². The molecule has 0 amide bonds. The minimum absolute atomic E-state index is 0.00917. The van der Waals surface area contributed by atoms with E-state index in [-0.39, 0.29) is 5.82 Å². The molecule has 3 heterocycles. The average molecular weight is 465 g/mol. The molecule has 0 saturated heterocycles. The van der Waals surface area contributed by atoms with Crippen molar-refractivity contribution in [3.8, 4) is 34.1 Å². The molecule has 0 unspecified atom stereocenters. The summed E-state index contributed by atoms with van der Waals surface area (Å²) in [7, 11) is 1.62. The molecule has 3 aromatic heterocycles. The van der Waals surface area contributed by atoms with Crippen LogP contribution in [-0.4, -0.2) is 48.9 Å². The summed E-state index contributed by atoms with van der Waals surface area (Å²) in [5.41, 5.74) is 3.00. The van der Waals surface area contributed by atoms with Gasteiger partial charge in [-0.15, -0.1) is 5.10 Å². The van der Waals surface area contributed by atoms with Crippen LogP contribution in [0, 0.1) is 12.8 Å².